The largest absolute Gasteiger partial charge is 0.480 e. The van der Waals surface area contributed by atoms with Gasteiger partial charge in [-0.05, 0) is 29.8 Å². The van der Waals surface area contributed by atoms with Gasteiger partial charge in [0.1, 0.15) is 5.75 Å². The average Bonchev–Trinajstić information content (AvgIpc) is 3.04. The Hall–Kier alpha value is -2.01. The number of hydrogen-bond acceptors (Lipinski definition) is 3. The summed E-state index contributed by atoms with van der Waals surface area (Å²) in [6.07, 6.45) is 1.70. The second-order valence-electron chi connectivity index (χ2n) is 4.36. The van der Waals surface area contributed by atoms with E-state index in [4.69, 9.17) is 16.3 Å². The summed E-state index contributed by atoms with van der Waals surface area (Å²) >= 11 is 5.91. The third-order valence-electron chi connectivity index (χ3n) is 3.00. The first-order chi connectivity index (χ1) is 9.22. The molecule has 19 heavy (non-hydrogen) atoms. The van der Waals surface area contributed by atoms with Crippen LogP contribution in [0.25, 0.3) is 0 Å². The molecule has 0 spiro atoms. The number of nitrogens with zero attached hydrogens (tertiary/aromatic N) is 1. The highest BCUT2D eigenvalue weighted by Crippen LogP contribution is 2.31. The molecule has 5 nitrogen and oxygen atoms in total. The SMILES string of the molecule is O=C(NCc1ccn[nH]1)C1Cc2cc(Cl)ccc2O1. The van der Waals surface area contributed by atoms with Crippen molar-refractivity contribution in [3.63, 3.8) is 0 Å². The van der Waals surface area contributed by atoms with E-state index in [1.807, 2.05) is 12.1 Å². The fourth-order valence-electron chi connectivity index (χ4n) is 2.04. The zero-order chi connectivity index (χ0) is 13.2. The van der Waals surface area contributed by atoms with Crippen LogP contribution in [0.2, 0.25) is 5.02 Å². The lowest BCUT2D eigenvalue weighted by Gasteiger charge is -2.10. The van der Waals surface area contributed by atoms with Gasteiger partial charge in [0.05, 0.1) is 12.2 Å². The van der Waals surface area contributed by atoms with E-state index >= 15 is 0 Å². The van der Waals surface area contributed by atoms with Gasteiger partial charge < -0.3 is 10.1 Å². The number of fused-ring (bicyclic) bond motifs is 1. The zero-order valence-corrected chi connectivity index (χ0v) is 10.8. The summed E-state index contributed by atoms with van der Waals surface area (Å²) in [5.41, 5.74) is 1.82. The van der Waals surface area contributed by atoms with Crippen molar-refractivity contribution in [1.82, 2.24) is 15.5 Å². The monoisotopic (exact) mass is 277 g/mol. The first kappa shape index (κ1) is 12.0. The van der Waals surface area contributed by atoms with Crippen LogP contribution in [0.5, 0.6) is 5.75 Å². The molecule has 3 rings (SSSR count). The topological polar surface area (TPSA) is 67.0 Å². The minimum Gasteiger partial charge on any atom is -0.480 e. The van der Waals surface area contributed by atoms with Crippen LogP contribution < -0.4 is 10.1 Å². The Labute approximate surface area is 114 Å². The van der Waals surface area contributed by atoms with Gasteiger partial charge in [-0.25, -0.2) is 0 Å². The molecule has 2 heterocycles. The number of ether oxygens (including phenoxy) is 1. The number of aromatic amines is 1. The van der Waals surface area contributed by atoms with Crippen LogP contribution in [-0.4, -0.2) is 22.2 Å². The van der Waals surface area contributed by atoms with Crippen molar-refractivity contribution in [2.24, 2.45) is 0 Å². The smallest absolute Gasteiger partial charge is 0.261 e. The number of aromatic nitrogens is 2. The Kier molecular flexibility index (Phi) is 3.13. The fourth-order valence-corrected chi connectivity index (χ4v) is 2.24. The number of hydrogen-bond donors (Lipinski definition) is 2. The predicted octanol–water partition coefficient (Wildman–Crippen LogP) is 1.68. The van der Waals surface area contributed by atoms with Crippen LogP contribution in [0, 0.1) is 0 Å². The van der Waals surface area contributed by atoms with Crippen LogP contribution in [-0.2, 0) is 17.8 Å². The summed E-state index contributed by atoms with van der Waals surface area (Å²) in [6.45, 7) is 0.412. The number of carbonyl (C=O) groups is 1. The third-order valence-corrected chi connectivity index (χ3v) is 3.24. The number of carbonyl (C=O) groups excluding carboxylic acids is 1. The molecule has 1 aliphatic rings. The molecule has 1 aliphatic heterocycles. The van der Waals surface area contributed by atoms with Gasteiger partial charge in [0, 0.05) is 17.6 Å². The van der Waals surface area contributed by atoms with Crippen LogP contribution >= 0.6 is 11.6 Å². The summed E-state index contributed by atoms with van der Waals surface area (Å²) in [7, 11) is 0. The molecule has 1 aromatic heterocycles. The molecule has 0 radical (unpaired) electrons. The molecule has 0 aliphatic carbocycles. The molecule has 2 N–H and O–H groups in total. The van der Waals surface area contributed by atoms with Gasteiger partial charge >= 0.3 is 0 Å². The van der Waals surface area contributed by atoms with Crippen LogP contribution in [0.15, 0.2) is 30.5 Å². The number of nitrogens with one attached hydrogen (secondary N) is 2. The van der Waals surface area contributed by atoms with Crippen LogP contribution in [0.1, 0.15) is 11.3 Å². The maximum absolute atomic E-state index is 12.0. The Bertz CT molecular complexity index is 598. The summed E-state index contributed by atoms with van der Waals surface area (Å²) in [6, 6.07) is 7.19. The van der Waals surface area contributed by atoms with Crippen LogP contribution in [0.3, 0.4) is 0 Å². The van der Waals surface area contributed by atoms with Crippen molar-refractivity contribution in [2.75, 3.05) is 0 Å². The van der Waals surface area contributed by atoms with Crippen molar-refractivity contribution < 1.29 is 9.53 Å². The maximum Gasteiger partial charge on any atom is 0.261 e. The maximum atomic E-state index is 12.0. The van der Waals surface area contributed by atoms with Gasteiger partial charge in [-0.15, -0.1) is 0 Å². The minimum absolute atomic E-state index is 0.137. The number of benzene rings is 1. The lowest BCUT2D eigenvalue weighted by molar-refractivity contribution is -0.127. The van der Waals surface area contributed by atoms with E-state index in [2.05, 4.69) is 15.5 Å². The quantitative estimate of drug-likeness (QED) is 0.897. The average molecular weight is 278 g/mol. The van der Waals surface area contributed by atoms with Crippen molar-refractivity contribution in [2.45, 2.75) is 19.1 Å². The Morgan fingerprint density at radius 1 is 1.53 bits per heavy atom. The van der Waals surface area contributed by atoms with Gasteiger partial charge in [-0.3, -0.25) is 9.89 Å². The van der Waals surface area contributed by atoms with E-state index < -0.39 is 6.10 Å². The molecule has 1 aromatic carbocycles. The molecule has 1 amide bonds. The number of H-pyrrole nitrogens is 1. The van der Waals surface area contributed by atoms with Gasteiger partial charge in [0.15, 0.2) is 6.10 Å². The molecule has 1 atom stereocenters. The zero-order valence-electron chi connectivity index (χ0n) is 10.0. The summed E-state index contributed by atoms with van der Waals surface area (Å²) < 4.78 is 5.60. The molecular formula is C13H12ClN3O2. The summed E-state index contributed by atoms with van der Waals surface area (Å²) in [5, 5.41) is 10.1. The lowest BCUT2D eigenvalue weighted by Crippen LogP contribution is -2.37. The molecule has 0 saturated carbocycles. The molecule has 1 unspecified atom stereocenters. The number of amides is 1. The van der Waals surface area contributed by atoms with Gasteiger partial charge in [0.25, 0.3) is 5.91 Å². The number of halogens is 1. The first-order valence-corrected chi connectivity index (χ1v) is 6.31. The molecule has 6 heteroatoms. The van der Waals surface area contributed by atoms with E-state index in [0.717, 1.165) is 17.0 Å². The molecule has 0 bridgehead atoms. The summed E-state index contributed by atoms with van der Waals surface area (Å²) in [5.74, 6) is 0.591. The molecule has 0 fully saturated rings. The Balaban J connectivity index is 1.61. The molecule has 98 valence electrons. The Morgan fingerprint density at radius 3 is 3.21 bits per heavy atom. The van der Waals surface area contributed by atoms with Gasteiger partial charge in [-0.2, -0.15) is 5.10 Å². The van der Waals surface area contributed by atoms with E-state index in [-0.39, 0.29) is 5.91 Å². The van der Waals surface area contributed by atoms with E-state index in [1.54, 1.807) is 18.3 Å². The van der Waals surface area contributed by atoms with Gasteiger partial charge in [0.2, 0.25) is 0 Å². The predicted molar refractivity (Wildman–Crippen MR) is 70.0 cm³/mol. The van der Waals surface area contributed by atoms with Crippen LogP contribution in [0.4, 0.5) is 0 Å². The van der Waals surface area contributed by atoms with Crippen molar-refractivity contribution in [3.8, 4) is 5.75 Å². The highest BCUT2D eigenvalue weighted by molar-refractivity contribution is 6.30. The Morgan fingerprint density at radius 2 is 2.42 bits per heavy atom. The second kappa shape index (κ2) is 4.93. The molecular weight excluding hydrogens is 266 g/mol. The fraction of sp³-hybridized carbons (Fsp3) is 0.231. The lowest BCUT2D eigenvalue weighted by atomic mass is 10.1. The summed E-state index contributed by atoms with van der Waals surface area (Å²) in [4.78, 5) is 12.0. The second-order valence-corrected chi connectivity index (χ2v) is 4.80. The molecule has 2 aromatic rings. The van der Waals surface area contributed by atoms with Crippen molar-refractivity contribution in [1.29, 1.82) is 0 Å². The third kappa shape index (κ3) is 2.56. The van der Waals surface area contributed by atoms with Crippen molar-refractivity contribution >= 4 is 17.5 Å². The number of rotatable bonds is 3. The van der Waals surface area contributed by atoms with E-state index in [0.29, 0.717) is 18.0 Å². The molecule has 0 saturated heterocycles. The first-order valence-electron chi connectivity index (χ1n) is 5.93. The van der Waals surface area contributed by atoms with Crippen molar-refractivity contribution in [3.05, 3.63) is 46.7 Å². The van der Waals surface area contributed by atoms with E-state index in [9.17, 15) is 4.79 Å². The van der Waals surface area contributed by atoms with E-state index in [1.165, 1.54) is 0 Å². The van der Waals surface area contributed by atoms with Gasteiger partial charge in [-0.1, -0.05) is 11.6 Å². The standard InChI is InChI=1S/C13H12ClN3O2/c14-9-1-2-11-8(5-9)6-12(19-11)13(18)15-7-10-3-4-16-17-10/h1-5,12H,6-7H2,(H,15,18)(H,16,17). The highest BCUT2D eigenvalue weighted by Gasteiger charge is 2.28. The minimum atomic E-state index is -0.489. The highest BCUT2D eigenvalue weighted by atomic mass is 35.5. The normalized spacial score (nSPS) is 16.8.